The van der Waals surface area contributed by atoms with E-state index < -0.39 is 18.2 Å². The fourth-order valence-corrected chi connectivity index (χ4v) is 5.73. The summed E-state index contributed by atoms with van der Waals surface area (Å²) in [5, 5.41) is 33.1. The van der Waals surface area contributed by atoms with Crippen LogP contribution in [0.1, 0.15) is 63.9 Å². The van der Waals surface area contributed by atoms with E-state index in [9.17, 15) is 24.9 Å². The molecule has 0 radical (unpaired) electrons. The summed E-state index contributed by atoms with van der Waals surface area (Å²) < 4.78 is 12.5. The second kappa shape index (κ2) is 15.0. The second-order valence-electron chi connectivity index (χ2n) is 10.0. The molecule has 0 saturated heterocycles. The van der Waals surface area contributed by atoms with Crippen molar-refractivity contribution in [1.29, 1.82) is 0 Å². The number of ether oxygens (including phenoxy) is 2. The van der Waals surface area contributed by atoms with Crippen molar-refractivity contribution in [1.82, 2.24) is 10.2 Å². The van der Waals surface area contributed by atoms with E-state index >= 15 is 0 Å². The standard InChI is InChI=1S/C28H41IN2O7/c1-3-4-5-6-11-31(28(36)19-8-7-9-19)22-15-20(27(35)30-10-12-32)16-23(25(22)34)38-26-21(29)13-18(17-33)14-24(26)37-2/h13-14,16,19,22-23,25,32-34H,3-12,15,17H2,1-2H3,(H,30,35). The molecule has 1 aromatic carbocycles. The van der Waals surface area contributed by atoms with Crippen molar-refractivity contribution in [2.75, 3.05) is 26.8 Å². The van der Waals surface area contributed by atoms with Crippen molar-refractivity contribution in [3.8, 4) is 11.5 Å². The lowest BCUT2D eigenvalue weighted by molar-refractivity contribution is -0.145. The molecule has 0 aromatic heterocycles. The highest BCUT2D eigenvalue weighted by atomic mass is 127. The van der Waals surface area contributed by atoms with Crippen molar-refractivity contribution in [2.24, 2.45) is 5.92 Å². The van der Waals surface area contributed by atoms with Crippen molar-refractivity contribution in [2.45, 2.75) is 83.1 Å². The number of aliphatic hydroxyl groups is 3. The Morgan fingerprint density at radius 1 is 1.18 bits per heavy atom. The molecule has 2 aliphatic rings. The highest BCUT2D eigenvalue weighted by molar-refractivity contribution is 14.1. The zero-order valence-corrected chi connectivity index (χ0v) is 24.5. The minimum atomic E-state index is -1.07. The van der Waals surface area contributed by atoms with Crippen LogP contribution >= 0.6 is 22.6 Å². The summed E-state index contributed by atoms with van der Waals surface area (Å²) in [5.41, 5.74) is 1.06. The molecular weight excluding hydrogens is 603 g/mol. The smallest absolute Gasteiger partial charge is 0.247 e. The van der Waals surface area contributed by atoms with Crippen LogP contribution in [0.5, 0.6) is 11.5 Å². The maximum atomic E-state index is 13.5. The lowest BCUT2D eigenvalue weighted by Gasteiger charge is -2.43. The minimum Gasteiger partial charge on any atom is -0.493 e. The number of methoxy groups -OCH3 is 1. The number of rotatable bonds is 14. The second-order valence-corrected chi connectivity index (χ2v) is 11.2. The number of hydrogen-bond donors (Lipinski definition) is 4. The van der Waals surface area contributed by atoms with E-state index in [0.717, 1.165) is 44.9 Å². The number of unbranched alkanes of at least 4 members (excludes halogenated alkanes) is 3. The first kappa shape index (κ1) is 30.6. The zero-order chi connectivity index (χ0) is 27.7. The molecule has 4 N–H and O–H groups in total. The number of carbonyl (C=O) groups excluding carboxylic acids is 2. The summed E-state index contributed by atoms with van der Waals surface area (Å²) in [4.78, 5) is 28.3. The Hall–Kier alpha value is -1.89. The third kappa shape index (κ3) is 7.61. The Balaban J connectivity index is 1.95. The number of halogens is 1. The average molecular weight is 645 g/mol. The molecule has 3 atom stereocenters. The van der Waals surface area contributed by atoms with Gasteiger partial charge >= 0.3 is 0 Å². The molecule has 1 aromatic rings. The van der Waals surface area contributed by atoms with Gasteiger partial charge in [-0.3, -0.25) is 9.59 Å². The summed E-state index contributed by atoms with van der Waals surface area (Å²) in [6, 6.07) is 2.81. The Bertz CT molecular complexity index is 982. The number of hydrogen-bond acceptors (Lipinski definition) is 7. The molecule has 9 nitrogen and oxygen atoms in total. The SMILES string of the molecule is CCCCCCN(C(=O)C1CCC1)C1CC(C(=O)NCCO)=CC(Oc2c(I)cc(CO)cc2OC)C1O. The van der Waals surface area contributed by atoms with Gasteiger partial charge in [-0.1, -0.05) is 32.6 Å². The number of nitrogens with zero attached hydrogens (tertiary/aromatic N) is 1. The normalized spacial score (nSPS) is 21.3. The molecule has 38 heavy (non-hydrogen) atoms. The van der Waals surface area contributed by atoms with E-state index in [1.54, 1.807) is 23.1 Å². The lowest BCUT2D eigenvalue weighted by atomic mass is 9.82. The van der Waals surface area contributed by atoms with Gasteiger partial charge in [-0.25, -0.2) is 0 Å². The van der Waals surface area contributed by atoms with Crippen LogP contribution in [-0.4, -0.2) is 77.1 Å². The van der Waals surface area contributed by atoms with Crippen LogP contribution in [0.3, 0.4) is 0 Å². The molecule has 0 spiro atoms. The first-order chi connectivity index (χ1) is 18.3. The van der Waals surface area contributed by atoms with Gasteiger partial charge in [0.25, 0.3) is 0 Å². The van der Waals surface area contributed by atoms with Crippen molar-refractivity contribution >= 4 is 34.4 Å². The van der Waals surface area contributed by atoms with Crippen LogP contribution in [-0.2, 0) is 16.2 Å². The van der Waals surface area contributed by atoms with Crippen molar-refractivity contribution < 1.29 is 34.4 Å². The minimum absolute atomic E-state index is 0.0343. The molecule has 1 saturated carbocycles. The molecule has 1 fully saturated rings. The predicted octanol–water partition coefficient (Wildman–Crippen LogP) is 2.92. The van der Waals surface area contributed by atoms with E-state index in [1.807, 2.05) is 0 Å². The molecule has 3 rings (SSSR count). The molecule has 2 amide bonds. The first-order valence-corrected chi connectivity index (χ1v) is 14.6. The van der Waals surface area contributed by atoms with Gasteiger partial charge in [-0.2, -0.15) is 0 Å². The molecule has 2 aliphatic carbocycles. The number of amides is 2. The van der Waals surface area contributed by atoms with E-state index in [0.29, 0.717) is 32.8 Å². The van der Waals surface area contributed by atoms with Gasteiger partial charge in [0.2, 0.25) is 11.8 Å². The maximum Gasteiger partial charge on any atom is 0.247 e. The van der Waals surface area contributed by atoms with Crippen LogP contribution in [0, 0.1) is 9.49 Å². The highest BCUT2D eigenvalue weighted by Gasteiger charge is 2.42. The summed E-state index contributed by atoms with van der Waals surface area (Å²) >= 11 is 2.09. The molecule has 0 aliphatic heterocycles. The van der Waals surface area contributed by atoms with Gasteiger partial charge in [-0.05, 0) is 65.6 Å². The zero-order valence-electron chi connectivity index (χ0n) is 22.3. The number of nitrogens with one attached hydrogen (secondary N) is 1. The fourth-order valence-electron chi connectivity index (χ4n) is 4.93. The molecule has 212 valence electrons. The van der Waals surface area contributed by atoms with Gasteiger partial charge in [0.1, 0.15) is 12.2 Å². The lowest BCUT2D eigenvalue weighted by Crippen LogP contribution is -2.56. The van der Waals surface area contributed by atoms with Crippen molar-refractivity contribution in [3.05, 3.63) is 32.9 Å². The largest absolute Gasteiger partial charge is 0.493 e. The number of carbonyl (C=O) groups is 2. The van der Waals surface area contributed by atoms with Gasteiger partial charge < -0.3 is 35.0 Å². The van der Waals surface area contributed by atoms with E-state index in [2.05, 4.69) is 34.8 Å². The number of benzene rings is 1. The van der Waals surface area contributed by atoms with Crippen LogP contribution < -0.4 is 14.8 Å². The van der Waals surface area contributed by atoms with Crippen molar-refractivity contribution in [3.63, 3.8) is 0 Å². The van der Waals surface area contributed by atoms with Crippen LogP contribution in [0.4, 0.5) is 0 Å². The van der Waals surface area contributed by atoms with Gasteiger partial charge in [-0.15, -0.1) is 0 Å². The topological polar surface area (TPSA) is 129 Å². The summed E-state index contributed by atoms with van der Waals surface area (Å²) in [6.07, 6.45) is 6.48. The molecule has 0 bridgehead atoms. The van der Waals surface area contributed by atoms with E-state index in [-0.39, 0.29) is 43.9 Å². The Kier molecular flexibility index (Phi) is 12.1. The van der Waals surface area contributed by atoms with Gasteiger partial charge in [0.05, 0.1) is 29.9 Å². The summed E-state index contributed by atoms with van der Waals surface area (Å²) in [7, 11) is 1.50. The summed E-state index contributed by atoms with van der Waals surface area (Å²) in [5.74, 6) is 0.423. The Labute approximate surface area is 238 Å². The third-order valence-electron chi connectivity index (χ3n) is 7.33. The predicted molar refractivity (Wildman–Crippen MR) is 152 cm³/mol. The quantitative estimate of drug-likeness (QED) is 0.181. The summed E-state index contributed by atoms with van der Waals surface area (Å²) in [6.45, 7) is 2.40. The van der Waals surface area contributed by atoms with Crippen LogP contribution in [0.25, 0.3) is 0 Å². The van der Waals surface area contributed by atoms with Crippen LogP contribution in [0.15, 0.2) is 23.8 Å². The average Bonchev–Trinajstić information content (AvgIpc) is 2.88. The maximum absolute atomic E-state index is 13.5. The molecular formula is C28H41IN2O7. The van der Waals surface area contributed by atoms with E-state index in [4.69, 9.17) is 9.47 Å². The van der Waals surface area contributed by atoms with Gasteiger partial charge in [0.15, 0.2) is 11.5 Å². The first-order valence-electron chi connectivity index (χ1n) is 13.6. The fraction of sp³-hybridized carbons (Fsp3) is 0.643. The molecule has 0 heterocycles. The monoisotopic (exact) mass is 644 g/mol. The molecule has 3 unspecified atom stereocenters. The number of aliphatic hydroxyl groups excluding tert-OH is 3. The van der Waals surface area contributed by atoms with Gasteiger partial charge in [0, 0.05) is 31.0 Å². The Morgan fingerprint density at radius 3 is 2.55 bits per heavy atom. The van der Waals surface area contributed by atoms with Crippen LogP contribution in [0.2, 0.25) is 0 Å². The Morgan fingerprint density at radius 2 is 1.95 bits per heavy atom. The molecule has 10 heteroatoms. The van der Waals surface area contributed by atoms with E-state index in [1.165, 1.54) is 7.11 Å². The third-order valence-corrected chi connectivity index (χ3v) is 8.13. The highest BCUT2D eigenvalue weighted by Crippen LogP contribution is 2.38.